The van der Waals surface area contributed by atoms with E-state index in [1.165, 1.54) is 0 Å². The quantitative estimate of drug-likeness (QED) is 0.687. The molecule has 2 aromatic carbocycles. The van der Waals surface area contributed by atoms with Crippen LogP contribution in [0.15, 0.2) is 54.7 Å². The van der Waals surface area contributed by atoms with Crippen molar-refractivity contribution in [2.45, 2.75) is 0 Å². The van der Waals surface area contributed by atoms with Gasteiger partial charge in [0.2, 0.25) is 5.95 Å². The molecule has 0 amide bonds. The number of benzene rings is 2. The zero-order valence-electron chi connectivity index (χ0n) is 12.9. The molecule has 25 heavy (non-hydrogen) atoms. The van der Waals surface area contributed by atoms with Crippen LogP contribution < -0.4 is 10.6 Å². The molecule has 120 valence electrons. The zero-order chi connectivity index (χ0) is 17.6. The Bertz CT molecular complexity index is 968. The van der Waals surface area contributed by atoms with E-state index in [1.807, 2.05) is 6.07 Å². The minimum Gasteiger partial charge on any atom is -0.338 e. The third kappa shape index (κ3) is 3.87. The van der Waals surface area contributed by atoms with Gasteiger partial charge in [-0.25, -0.2) is 14.2 Å². The summed E-state index contributed by atoms with van der Waals surface area (Å²) in [5, 5.41) is 14.6. The van der Waals surface area contributed by atoms with Gasteiger partial charge in [0.15, 0.2) is 17.3 Å². The van der Waals surface area contributed by atoms with E-state index >= 15 is 0 Å². The summed E-state index contributed by atoms with van der Waals surface area (Å²) < 4.78 is 13.9. The standard InChI is InChI=1S/C18H11FN6/c1-21-13-6-8-14(9-7-13)23-17-16(19)11-22-18(25-17)24-15-4-2-12(10-20)3-5-15/h2-9,11H,(H2,22,23,24,25). The fraction of sp³-hybridized carbons (Fsp3) is 0. The first kappa shape index (κ1) is 15.9. The third-order valence-corrected chi connectivity index (χ3v) is 3.27. The Labute approximate surface area is 143 Å². The maximum Gasteiger partial charge on any atom is 0.229 e. The van der Waals surface area contributed by atoms with Crippen LogP contribution in [0.1, 0.15) is 5.56 Å². The number of hydrogen-bond acceptors (Lipinski definition) is 5. The summed E-state index contributed by atoms with van der Waals surface area (Å²) in [6.45, 7) is 6.93. The van der Waals surface area contributed by atoms with Crippen LogP contribution in [-0.2, 0) is 0 Å². The normalized spacial score (nSPS) is 9.72. The van der Waals surface area contributed by atoms with E-state index in [0.717, 1.165) is 6.20 Å². The predicted octanol–water partition coefficient (Wildman–Crippen LogP) is 4.53. The molecular formula is C18H11FN6. The number of halogens is 1. The number of nitrogens with one attached hydrogen (secondary N) is 2. The lowest BCUT2D eigenvalue weighted by Crippen LogP contribution is -2.03. The molecule has 0 aliphatic rings. The summed E-state index contributed by atoms with van der Waals surface area (Å²) in [5.74, 6) is -0.368. The van der Waals surface area contributed by atoms with Gasteiger partial charge in [0.05, 0.1) is 24.4 Å². The summed E-state index contributed by atoms with van der Waals surface area (Å²) in [6, 6.07) is 15.4. The summed E-state index contributed by atoms with van der Waals surface area (Å²) in [5.41, 5.74) is 2.32. The summed E-state index contributed by atoms with van der Waals surface area (Å²) in [7, 11) is 0. The average Bonchev–Trinajstić information content (AvgIpc) is 2.66. The van der Waals surface area contributed by atoms with Crippen molar-refractivity contribution in [1.82, 2.24) is 9.97 Å². The SMILES string of the molecule is [C-]#[N+]c1ccc(Nc2nc(Nc3ccc(C#N)cc3)ncc2F)cc1. The van der Waals surface area contributed by atoms with Crippen LogP contribution in [0.3, 0.4) is 0 Å². The second-order valence-electron chi connectivity index (χ2n) is 4.99. The molecule has 6 nitrogen and oxygen atoms in total. The number of aromatic nitrogens is 2. The van der Waals surface area contributed by atoms with Crippen LogP contribution in [0.2, 0.25) is 0 Å². The molecule has 0 aliphatic carbocycles. The van der Waals surface area contributed by atoms with Crippen molar-refractivity contribution in [3.05, 3.63) is 77.5 Å². The van der Waals surface area contributed by atoms with E-state index in [-0.39, 0.29) is 11.8 Å². The lowest BCUT2D eigenvalue weighted by Gasteiger charge is -2.09. The highest BCUT2D eigenvalue weighted by Gasteiger charge is 2.08. The van der Waals surface area contributed by atoms with Crippen molar-refractivity contribution in [3.63, 3.8) is 0 Å². The maximum absolute atomic E-state index is 13.9. The summed E-state index contributed by atoms with van der Waals surface area (Å²) in [6.07, 6.45) is 1.06. The number of anilines is 4. The van der Waals surface area contributed by atoms with E-state index < -0.39 is 5.82 Å². The Morgan fingerprint density at radius 3 is 2.28 bits per heavy atom. The van der Waals surface area contributed by atoms with Crippen LogP contribution in [0.25, 0.3) is 4.85 Å². The van der Waals surface area contributed by atoms with Gasteiger partial charge < -0.3 is 10.6 Å². The second-order valence-corrected chi connectivity index (χ2v) is 4.99. The largest absolute Gasteiger partial charge is 0.338 e. The van der Waals surface area contributed by atoms with Crippen molar-refractivity contribution in [2.24, 2.45) is 0 Å². The van der Waals surface area contributed by atoms with Gasteiger partial charge in [-0.2, -0.15) is 10.2 Å². The topological polar surface area (TPSA) is 78.0 Å². The lowest BCUT2D eigenvalue weighted by molar-refractivity contribution is 0.619. The van der Waals surface area contributed by atoms with Gasteiger partial charge in [-0.1, -0.05) is 12.1 Å². The molecule has 0 spiro atoms. The molecule has 3 rings (SSSR count). The molecule has 0 saturated carbocycles. The van der Waals surface area contributed by atoms with E-state index in [2.05, 4.69) is 25.4 Å². The van der Waals surface area contributed by atoms with Gasteiger partial charge in [0, 0.05) is 11.4 Å². The molecule has 0 saturated heterocycles. The fourth-order valence-corrected chi connectivity index (χ4v) is 2.03. The number of hydrogen-bond donors (Lipinski definition) is 2. The van der Waals surface area contributed by atoms with Gasteiger partial charge in [-0.05, 0) is 36.4 Å². The van der Waals surface area contributed by atoms with Crippen LogP contribution >= 0.6 is 0 Å². The average molecular weight is 330 g/mol. The molecule has 0 fully saturated rings. The monoisotopic (exact) mass is 330 g/mol. The fourth-order valence-electron chi connectivity index (χ4n) is 2.03. The van der Waals surface area contributed by atoms with Crippen molar-refractivity contribution in [2.75, 3.05) is 10.6 Å². The molecule has 3 aromatic rings. The van der Waals surface area contributed by atoms with Crippen molar-refractivity contribution in [3.8, 4) is 6.07 Å². The molecule has 1 heterocycles. The van der Waals surface area contributed by atoms with Crippen LogP contribution in [0.4, 0.5) is 33.2 Å². The molecule has 0 aliphatic heterocycles. The first-order chi connectivity index (χ1) is 12.2. The predicted molar refractivity (Wildman–Crippen MR) is 92.4 cm³/mol. The molecule has 1 aromatic heterocycles. The Balaban J connectivity index is 1.79. The van der Waals surface area contributed by atoms with Crippen molar-refractivity contribution in [1.29, 1.82) is 5.26 Å². The lowest BCUT2D eigenvalue weighted by atomic mass is 10.2. The molecule has 7 heteroatoms. The molecule has 0 atom stereocenters. The van der Waals surface area contributed by atoms with Crippen molar-refractivity contribution < 1.29 is 4.39 Å². The van der Waals surface area contributed by atoms with Crippen LogP contribution in [0, 0.1) is 23.7 Å². The third-order valence-electron chi connectivity index (χ3n) is 3.27. The molecule has 2 N–H and O–H groups in total. The maximum atomic E-state index is 13.9. The van der Waals surface area contributed by atoms with E-state index in [4.69, 9.17) is 11.8 Å². The first-order valence-electron chi connectivity index (χ1n) is 7.22. The van der Waals surface area contributed by atoms with Crippen LogP contribution in [-0.4, -0.2) is 9.97 Å². The van der Waals surface area contributed by atoms with E-state index in [0.29, 0.717) is 22.6 Å². The summed E-state index contributed by atoms with van der Waals surface area (Å²) >= 11 is 0. The van der Waals surface area contributed by atoms with E-state index in [9.17, 15) is 4.39 Å². The Hall–Kier alpha value is -3.97. The zero-order valence-corrected chi connectivity index (χ0v) is 12.9. The highest BCUT2D eigenvalue weighted by molar-refractivity contribution is 5.62. The summed E-state index contributed by atoms with van der Waals surface area (Å²) in [4.78, 5) is 11.3. The van der Waals surface area contributed by atoms with Gasteiger partial charge in [0.25, 0.3) is 0 Å². The van der Waals surface area contributed by atoms with Gasteiger partial charge in [-0.3, -0.25) is 0 Å². The highest BCUT2D eigenvalue weighted by atomic mass is 19.1. The molecule has 0 bridgehead atoms. The Morgan fingerprint density at radius 1 is 1.00 bits per heavy atom. The minimum absolute atomic E-state index is 0.0155. The van der Waals surface area contributed by atoms with E-state index in [1.54, 1.807) is 48.5 Å². The molecule has 0 unspecified atom stereocenters. The first-order valence-corrected chi connectivity index (χ1v) is 7.22. The van der Waals surface area contributed by atoms with Crippen LogP contribution in [0.5, 0.6) is 0 Å². The molecular weight excluding hydrogens is 319 g/mol. The Kier molecular flexibility index (Phi) is 4.50. The van der Waals surface area contributed by atoms with Gasteiger partial charge >= 0.3 is 0 Å². The number of rotatable bonds is 4. The smallest absolute Gasteiger partial charge is 0.229 e. The number of nitrogens with zero attached hydrogens (tertiary/aromatic N) is 4. The van der Waals surface area contributed by atoms with Crippen molar-refractivity contribution >= 4 is 28.8 Å². The highest BCUT2D eigenvalue weighted by Crippen LogP contribution is 2.22. The number of nitriles is 1. The Morgan fingerprint density at radius 2 is 1.64 bits per heavy atom. The molecule has 0 radical (unpaired) electrons. The van der Waals surface area contributed by atoms with Gasteiger partial charge in [-0.15, -0.1) is 0 Å². The second kappa shape index (κ2) is 7.07. The van der Waals surface area contributed by atoms with Gasteiger partial charge in [0.1, 0.15) is 0 Å². The minimum atomic E-state index is -0.598.